The van der Waals surface area contributed by atoms with Crippen LogP contribution in [0, 0.1) is 17.8 Å². The molecule has 0 spiro atoms. The molecule has 0 bridgehead atoms. The molecule has 0 unspecified atom stereocenters. The Bertz CT molecular complexity index is 211. The van der Waals surface area contributed by atoms with Crippen LogP contribution in [0.1, 0.15) is 32.1 Å². The summed E-state index contributed by atoms with van der Waals surface area (Å²) in [5.74, 6) is 0.399. The maximum absolute atomic E-state index is 11.1. The molecule has 0 aromatic carbocycles. The average molecular weight is 197 g/mol. The molecular weight excluding hydrogens is 178 g/mol. The number of aliphatic carboxylic acids is 1. The van der Waals surface area contributed by atoms with E-state index in [-0.39, 0.29) is 5.92 Å². The molecule has 1 saturated carbocycles. The monoisotopic (exact) mass is 197 g/mol. The van der Waals surface area contributed by atoms with E-state index in [2.05, 4.69) is 5.32 Å². The van der Waals surface area contributed by atoms with E-state index in [0.29, 0.717) is 11.8 Å². The van der Waals surface area contributed by atoms with E-state index < -0.39 is 5.97 Å². The van der Waals surface area contributed by atoms with E-state index in [4.69, 9.17) is 5.11 Å². The Balaban J connectivity index is 2.01. The minimum absolute atomic E-state index is 0.0839. The van der Waals surface area contributed by atoms with Gasteiger partial charge in [0.25, 0.3) is 0 Å². The molecule has 3 nitrogen and oxygen atoms in total. The summed E-state index contributed by atoms with van der Waals surface area (Å²) in [7, 11) is 0. The van der Waals surface area contributed by atoms with Crippen molar-refractivity contribution in [1.82, 2.24) is 5.32 Å². The molecule has 1 aliphatic carbocycles. The summed E-state index contributed by atoms with van der Waals surface area (Å²) in [6, 6.07) is 0. The van der Waals surface area contributed by atoms with Gasteiger partial charge in [-0.15, -0.1) is 0 Å². The molecule has 0 aromatic heterocycles. The Morgan fingerprint density at radius 1 is 1.21 bits per heavy atom. The van der Waals surface area contributed by atoms with Crippen LogP contribution in [0.15, 0.2) is 0 Å². The van der Waals surface area contributed by atoms with Gasteiger partial charge in [-0.05, 0) is 31.3 Å². The van der Waals surface area contributed by atoms with Gasteiger partial charge in [0.15, 0.2) is 0 Å². The first-order valence-corrected chi connectivity index (χ1v) is 5.72. The van der Waals surface area contributed by atoms with Gasteiger partial charge in [0, 0.05) is 0 Å². The number of nitrogens with one attached hydrogen (secondary N) is 1. The van der Waals surface area contributed by atoms with Crippen LogP contribution in [0.5, 0.6) is 0 Å². The smallest absolute Gasteiger partial charge is 0.306 e. The summed E-state index contributed by atoms with van der Waals surface area (Å²) >= 11 is 0. The molecule has 0 radical (unpaired) electrons. The predicted octanol–water partition coefficient (Wildman–Crippen LogP) is 1.49. The number of carboxylic acids is 1. The lowest BCUT2D eigenvalue weighted by molar-refractivity contribution is -0.145. The van der Waals surface area contributed by atoms with Crippen molar-refractivity contribution in [2.24, 2.45) is 17.8 Å². The molecule has 1 aliphatic heterocycles. The Labute approximate surface area is 84.9 Å². The second kappa shape index (κ2) is 4.30. The molecule has 2 rings (SSSR count). The number of carboxylic acid groups (broad SMARTS) is 1. The first-order valence-electron chi connectivity index (χ1n) is 5.72. The molecule has 1 heterocycles. The zero-order valence-electron chi connectivity index (χ0n) is 8.54. The molecule has 2 fully saturated rings. The first-order chi connectivity index (χ1) is 6.79. The fraction of sp³-hybridized carbons (Fsp3) is 0.909. The minimum Gasteiger partial charge on any atom is -0.481 e. The van der Waals surface area contributed by atoms with Crippen molar-refractivity contribution in [2.45, 2.75) is 32.1 Å². The third-order valence-electron chi connectivity index (χ3n) is 3.85. The van der Waals surface area contributed by atoms with Gasteiger partial charge in [-0.1, -0.05) is 25.7 Å². The van der Waals surface area contributed by atoms with Crippen molar-refractivity contribution >= 4 is 5.97 Å². The lowest BCUT2D eigenvalue weighted by Crippen LogP contribution is -2.43. The molecule has 3 heteroatoms. The van der Waals surface area contributed by atoms with Crippen LogP contribution in [0.2, 0.25) is 0 Å². The lowest BCUT2D eigenvalue weighted by Gasteiger charge is -2.33. The van der Waals surface area contributed by atoms with Gasteiger partial charge < -0.3 is 10.4 Å². The molecule has 2 atom stereocenters. The molecule has 0 amide bonds. The van der Waals surface area contributed by atoms with Gasteiger partial charge in [-0.3, -0.25) is 4.79 Å². The molecule has 14 heavy (non-hydrogen) atoms. The van der Waals surface area contributed by atoms with Crippen LogP contribution in [0.25, 0.3) is 0 Å². The van der Waals surface area contributed by atoms with Gasteiger partial charge >= 0.3 is 5.97 Å². The first kappa shape index (κ1) is 9.97. The highest BCUT2D eigenvalue weighted by atomic mass is 16.4. The van der Waals surface area contributed by atoms with E-state index in [1.807, 2.05) is 0 Å². The Hall–Kier alpha value is -0.570. The highest BCUT2D eigenvalue weighted by molar-refractivity contribution is 5.70. The van der Waals surface area contributed by atoms with Crippen LogP contribution in [0.4, 0.5) is 0 Å². The predicted molar refractivity (Wildman–Crippen MR) is 54.1 cm³/mol. The van der Waals surface area contributed by atoms with E-state index in [1.165, 1.54) is 25.7 Å². The van der Waals surface area contributed by atoms with Crippen LogP contribution in [-0.2, 0) is 4.79 Å². The van der Waals surface area contributed by atoms with Gasteiger partial charge in [0.05, 0.1) is 5.92 Å². The van der Waals surface area contributed by atoms with Crippen molar-refractivity contribution in [3.63, 3.8) is 0 Å². The van der Waals surface area contributed by atoms with Gasteiger partial charge in [-0.2, -0.15) is 0 Å². The Kier molecular flexibility index (Phi) is 3.06. The lowest BCUT2D eigenvalue weighted by atomic mass is 9.77. The van der Waals surface area contributed by atoms with Crippen LogP contribution < -0.4 is 5.32 Å². The molecule has 2 aliphatic rings. The third-order valence-corrected chi connectivity index (χ3v) is 3.85. The normalized spacial score (nSPS) is 34.6. The molecule has 0 aromatic rings. The average Bonchev–Trinajstić information content (AvgIpc) is 2.70. The molecular formula is C11H19NO2. The Morgan fingerprint density at radius 3 is 2.57 bits per heavy atom. The molecule has 80 valence electrons. The number of piperidine rings is 1. The van der Waals surface area contributed by atoms with Crippen LogP contribution in [0.3, 0.4) is 0 Å². The highest BCUT2D eigenvalue weighted by Gasteiger charge is 2.36. The minimum atomic E-state index is -0.580. The van der Waals surface area contributed by atoms with Crippen LogP contribution in [-0.4, -0.2) is 24.2 Å². The van der Waals surface area contributed by atoms with E-state index in [0.717, 1.165) is 19.5 Å². The van der Waals surface area contributed by atoms with Gasteiger partial charge in [0.1, 0.15) is 0 Å². The fourth-order valence-corrected chi connectivity index (χ4v) is 3.07. The molecule has 2 N–H and O–H groups in total. The van der Waals surface area contributed by atoms with E-state index in [9.17, 15) is 4.79 Å². The van der Waals surface area contributed by atoms with Gasteiger partial charge in [-0.25, -0.2) is 0 Å². The van der Waals surface area contributed by atoms with Crippen molar-refractivity contribution < 1.29 is 9.90 Å². The number of hydrogen-bond donors (Lipinski definition) is 2. The summed E-state index contributed by atoms with van der Waals surface area (Å²) in [6.45, 7) is 1.79. The fourth-order valence-electron chi connectivity index (χ4n) is 3.07. The zero-order chi connectivity index (χ0) is 9.97. The number of carbonyl (C=O) groups is 1. The van der Waals surface area contributed by atoms with Crippen molar-refractivity contribution in [3.05, 3.63) is 0 Å². The zero-order valence-corrected chi connectivity index (χ0v) is 8.54. The SMILES string of the molecule is O=C(O)[C@@H]1CCNC[C@@H]1C1CCCC1. The van der Waals surface area contributed by atoms with Crippen molar-refractivity contribution in [1.29, 1.82) is 0 Å². The second-order valence-corrected chi connectivity index (χ2v) is 4.65. The number of hydrogen-bond acceptors (Lipinski definition) is 2. The highest BCUT2D eigenvalue weighted by Crippen LogP contribution is 2.37. The standard InChI is InChI=1S/C11H19NO2/c13-11(14)9-5-6-12-7-10(9)8-3-1-2-4-8/h8-10,12H,1-7H2,(H,13,14)/t9-,10-/m1/s1. The second-order valence-electron chi connectivity index (χ2n) is 4.65. The largest absolute Gasteiger partial charge is 0.481 e. The van der Waals surface area contributed by atoms with Crippen molar-refractivity contribution in [3.8, 4) is 0 Å². The summed E-state index contributed by atoms with van der Waals surface area (Å²) in [4.78, 5) is 11.1. The number of rotatable bonds is 2. The third kappa shape index (κ3) is 1.92. The van der Waals surface area contributed by atoms with E-state index >= 15 is 0 Å². The van der Waals surface area contributed by atoms with Crippen LogP contribution >= 0.6 is 0 Å². The summed E-state index contributed by atoms with van der Waals surface area (Å²) in [5, 5.41) is 12.5. The topological polar surface area (TPSA) is 49.3 Å². The summed E-state index contributed by atoms with van der Waals surface area (Å²) in [6.07, 6.45) is 5.91. The maximum atomic E-state index is 11.1. The summed E-state index contributed by atoms with van der Waals surface area (Å²) in [5.41, 5.74) is 0. The Morgan fingerprint density at radius 2 is 1.93 bits per heavy atom. The van der Waals surface area contributed by atoms with E-state index in [1.54, 1.807) is 0 Å². The molecule has 1 saturated heterocycles. The van der Waals surface area contributed by atoms with Crippen molar-refractivity contribution in [2.75, 3.05) is 13.1 Å². The van der Waals surface area contributed by atoms with Gasteiger partial charge in [0.2, 0.25) is 0 Å². The summed E-state index contributed by atoms with van der Waals surface area (Å²) < 4.78 is 0. The maximum Gasteiger partial charge on any atom is 0.306 e. The quantitative estimate of drug-likeness (QED) is 0.705.